The van der Waals surface area contributed by atoms with Gasteiger partial charge in [0.15, 0.2) is 0 Å². The van der Waals surface area contributed by atoms with Gasteiger partial charge in [0.1, 0.15) is 5.15 Å². The molecule has 0 aliphatic heterocycles. The summed E-state index contributed by atoms with van der Waals surface area (Å²) in [4.78, 5) is 4.31. The number of nitrogens with one attached hydrogen (secondary N) is 1. The summed E-state index contributed by atoms with van der Waals surface area (Å²) in [5.74, 6) is 0.647. The van der Waals surface area contributed by atoms with Crippen molar-refractivity contribution in [2.75, 3.05) is 5.32 Å². The third-order valence-electron chi connectivity index (χ3n) is 4.17. The molecule has 2 unspecified atom stereocenters. The average Bonchev–Trinajstić information content (AvgIpc) is 2.45. The molecule has 3 rings (SSSR count). The van der Waals surface area contributed by atoms with Crippen LogP contribution in [0, 0.1) is 6.92 Å². The molecule has 0 bridgehead atoms. The number of aryl methyl sites for hydroxylation is 1. The van der Waals surface area contributed by atoms with E-state index in [2.05, 4.69) is 41.5 Å². The van der Waals surface area contributed by atoms with E-state index in [0.717, 1.165) is 17.8 Å². The van der Waals surface area contributed by atoms with Gasteiger partial charge in [-0.05, 0) is 48.9 Å². The Morgan fingerprint density at radius 1 is 1.10 bits per heavy atom. The molecular weight excluding hydrogens is 268 g/mol. The summed E-state index contributed by atoms with van der Waals surface area (Å²) in [6.07, 6.45) is 2.37. The Kier molecular flexibility index (Phi) is 3.66. The summed E-state index contributed by atoms with van der Waals surface area (Å²) in [5.41, 5.74) is 4.91. The smallest absolute Gasteiger partial charge is 0.129 e. The van der Waals surface area contributed by atoms with Crippen molar-refractivity contribution < 1.29 is 0 Å². The van der Waals surface area contributed by atoms with Crippen LogP contribution in [0.2, 0.25) is 5.15 Å². The molecule has 20 heavy (non-hydrogen) atoms. The van der Waals surface area contributed by atoms with Gasteiger partial charge in [-0.25, -0.2) is 4.98 Å². The molecule has 1 aliphatic carbocycles. The molecule has 1 aromatic heterocycles. The summed E-state index contributed by atoms with van der Waals surface area (Å²) < 4.78 is 0. The first-order valence-electron chi connectivity index (χ1n) is 7.13. The van der Waals surface area contributed by atoms with E-state index < -0.39 is 0 Å². The Labute approximate surface area is 125 Å². The van der Waals surface area contributed by atoms with Crippen LogP contribution in [0.1, 0.15) is 48.5 Å². The van der Waals surface area contributed by atoms with Crippen LogP contribution in [0.25, 0.3) is 0 Å². The van der Waals surface area contributed by atoms with Crippen molar-refractivity contribution in [2.45, 2.75) is 38.6 Å². The average molecular weight is 287 g/mol. The molecule has 2 nitrogen and oxygen atoms in total. The molecule has 2 aromatic rings. The van der Waals surface area contributed by atoms with Gasteiger partial charge in [-0.2, -0.15) is 0 Å². The zero-order valence-electron chi connectivity index (χ0n) is 11.9. The minimum Gasteiger partial charge on any atom is -0.377 e. The second-order valence-corrected chi connectivity index (χ2v) is 5.96. The zero-order valence-corrected chi connectivity index (χ0v) is 12.6. The summed E-state index contributed by atoms with van der Waals surface area (Å²) in [7, 11) is 0. The first-order valence-corrected chi connectivity index (χ1v) is 7.51. The highest BCUT2D eigenvalue weighted by Crippen LogP contribution is 2.39. The molecule has 104 valence electrons. The Morgan fingerprint density at radius 3 is 2.60 bits per heavy atom. The Balaban J connectivity index is 1.90. The molecule has 1 N–H and O–H groups in total. The summed E-state index contributed by atoms with van der Waals surface area (Å²) >= 11 is 5.92. The van der Waals surface area contributed by atoms with Crippen molar-refractivity contribution in [3.63, 3.8) is 0 Å². The molecule has 0 radical (unpaired) electrons. The lowest BCUT2D eigenvalue weighted by molar-refractivity contribution is 0.534. The number of aromatic nitrogens is 1. The largest absolute Gasteiger partial charge is 0.377 e. The van der Waals surface area contributed by atoms with Crippen LogP contribution in [0.15, 0.2) is 36.4 Å². The van der Waals surface area contributed by atoms with Crippen molar-refractivity contribution >= 4 is 17.3 Å². The molecule has 0 saturated carbocycles. The topological polar surface area (TPSA) is 24.9 Å². The predicted octanol–water partition coefficient (Wildman–Crippen LogP) is 5.09. The van der Waals surface area contributed by atoms with Gasteiger partial charge in [-0.1, -0.05) is 42.8 Å². The molecular formula is C17H19ClN2. The lowest BCUT2D eigenvalue weighted by Gasteiger charge is -2.31. The van der Waals surface area contributed by atoms with E-state index >= 15 is 0 Å². The highest BCUT2D eigenvalue weighted by molar-refractivity contribution is 6.29. The molecule has 1 aromatic carbocycles. The maximum absolute atomic E-state index is 5.92. The number of fused-ring (bicyclic) bond motifs is 1. The Morgan fingerprint density at radius 2 is 1.85 bits per heavy atom. The van der Waals surface area contributed by atoms with Gasteiger partial charge in [0.2, 0.25) is 0 Å². The first-order chi connectivity index (χ1) is 9.65. The second-order valence-electron chi connectivity index (χ2n) is 5.57. The van der Waals surface area contributed by atoms with Crippen molar-refractivity contribution in [3.05, 3.63) is 58.4 Å². The Hall–Kier alpha value is -1.54. The normalized spacial score (nSPS) is 21.4. The molecule has 3 heteroatoms. The number of nitrogens with zero attached hydrogens (tertiary/aromatic N) is 1. The van der Waals surface area contributed by atoms with Crippen LogP contribution >= 0.6 is 11.6 Å². The lowest BCUT2D eigenvalue weighted by atomic mass is 9.81. The van der Waals surface area contributed by atoms with Crippen LogP contribution in [-0.4, -0.2) is 4.98 Å². The number of benzene rings is 1. The summed E-state index contributed by atoms with van der Waals surface area (Å²) in [6, 6.07) is 13.0. The molecule has 2 atom stereocenters. The number of rotatable bonds is 2. The van der Waals surface area contributed by atoms with E-state index in [1.54, 1.807) is 0 Å². The number of pyridine rings is 1. The highest BCUT2D eigenvalue weighted by atomic mass is 35.5. The van der Waals surface area contributed by atoms with E-state index in [9.17, 15) is 0 Å². The van der Waals surface area contributed by atoms with Crippen molar-refractivity contribution in [3.8, 4) is 0 Å². The van der Waals surface area contributed by atoms with E-state index in [0.29, 0.717) is 17.1 Å². The third-order valence-corrected chi connectivity index (χ3v) is 4.38. The maximum Gasteiger partial charge on any atom is 0.129 e. The van der Waals surface area contributed by atoms with Gasteiger partial charge in [-0.3, -0.25) is 0 Å². The second kappa shape index (κ2) is 5.45. The van der Waals surface area contributed by atoms with Crippen molar-refractivity contribution in [2.24, 2.45) is 0 Å². The van der Waals surface area contributed by atoms with Crippen molar-refractivity contribution in [1.82, 2.24) is 4.98 Å². The third kappa shape index (κ3) is 2.53. The van der Waals surface area contributed by atoms with Gasteiger partial charge in [0.05, 0.1) is 17.4 Å². The van der Waals surface area contributed by atoms with Crippen LogP contribution in [0.5, 0.6) is 0 Å². The standard InChI is InChI=1S/C17H19ClN2/c1-11-7-8-16(14-6-4-3-5-13(11)14)20-15-9-10-17(18)19-12(15)2/h3-6,9-11,16,20H,7-8H2,1-2H3. The quantitative estimate of drug-likeness (QED) is 0.778. The van der Waals surface area contributed by atoms with Gasteiger partial charge >= 0.3 is 0 Å². The molecule has 0 fully saturated rings. The molecule has 1 aliphatic rings. The zero-order chi connectivity index (χ0) is 14.1. The Bertz CT molecular complexity index is 624. The first kappa shape index (κ1) is 13.4. The van der Waals surface area contributed by atoms with Crippen LogP contribution in [0.4, 0.5) is 5.69 Å². The number of hydrogen-bond acceptors (Lipinski definition) is 2. The minimum atomic E-state index is 0.365. The van der Waals surface area contributed by atoms with E-state index in [-0.39, 0.29) is 0 Å². The summed E-state index contributed by atoms with van der Waals surface area (Å²) in [5, 5.41) is 4.18. The molecule has 1 heterocycles. The van der Waals surface area contributed by atoms with Crippen LogP contribution in [-0.2, 0) is 0 Å². The fraction of sp³-hybridized carbons (Fsp3) is 0.353. The minimum absolute atomic E-state index is 0.365. The lowest BCUT2D eigenvalue weighted by Crippen LogP contribution is -2.19. The SMILES string of the molecule is Cc1nc(Cl)ccc1NC1CCC(C)c2ccccc21. The predicted molar refractivity (Wildman–Crippen MR) is 84.4 cm³/mol. The maximum atomic E-state index is 5.92. The monoisotopic (exact) mass is 286 g/mol. The highest BCUT2D eigenvalue weighted by Gasteiger charge is 2.24. The van der Waals surface area contributed by atoms with Gasteiger partial charge in [-0.15, -0.1) is 0 Å². The van der Waals surface area contributed by atoms with E-state index in [1.807, 2.05) is 19.1 Å². The van der Waals surface area contributed by atoms with Crippen LogP contribution in [0.3, 0.4) is 0 Å². The van der Waals surface area contributed by atoms with E-state index in [1.165, 1.54) is 17.5 Å². The van der Waals surface area contributed by atoms with Crippen molar-refractivity contribution in [1.29, 1.82) is 0 Å². The fourth-order valence-electron chi connectivity index (χ4n) is 3.03. The summed E-state index contributed by atoms with van der Waals surface area (Å²) in [6.45, 7) is 4.30. The molecule has 0 amide bonds. The number of hydrogen-bond donors (Lipinski definition) is 1. The number of halogens is 1. The fourth-order valence-corrected chi connectivity index (χ4v) is 3.22. The molecule has 0 saturated heterocycles. The molecule has 0 spiro atoms. The number of anilines is 1. The van der Waals surface area contributed by atoms with Gasteiger partial charge in [0.25, 0.3) is 0 Å². The van der Waals surface area contributed by atoms with E-state index in [4.69, 9.17) is 11.6 Å². The van der Waals surface area contributed by atoms with Gasteiger partial charge < -0.3 is 5.32 Å². The van der Waals surface area contributed by atoms with Gasteiger partial charge in [0, 0.05) is 0 Å². The van der Waals surface area contributed by atoms with Crippen LogP contribution < -0.4 is 5.32 Å².